The Hall–Kier alpha value is -3.20. The number of rotatable bonds is 9. The van der Waals surface area contributed by atoms with Crippen LogP contribution >= 0.6 is 11.3 Å². The van der Waals surface area contributed by atoms with Gasteiger partial charge in [0.2, 0.25) is 0 Å². The maximum atomic E-state index is 12.8. The van der Waals surface area contributed by atoms with E-state index in [2.05, 4.69) is 9.72 Å². The zero-order valence-electron chi connectivity index (χ0n) is 18.9. The van der Waals surface area contributed by atoms with E-state index in [9.17, 15) is 13.6 Å². The van der Waals surface area contributed by atoms with Crippen molar-refractivity contribution in [2.75, 3.05) is 11.5 Å². The van der Waals surface area contributed by atoms with Crippen molar-refractivity contribution in [2.24, 2.45) is 0 Å². The van der Waals surface area contributed by atoms with Gasteiger partial charge in [0.1, 0.15) is 5.60 Å². The monoisotopic (exact) mass is 476 g/mol. The van der Waals surface area contributed by atoms with E-state index in [1.165, 1.54) is 17.4 Å². The maximum absolute atomic E-state index is 12.8. The van der Waals surface area contributed by atoms with E-state index >= 15 is 0 Å². The Morgan fingerprint density at radius 2 is 1.79 bits per heavy atom. The molecule has 0 fully saturated rings. The molecule has 0 N–H and O–H groups in total. The molecule has 0 aliphatic rings. The second-order valence-corrected chi connectivity index (χ2v) is 9.02. The fraction of sp³-hybridized carbons (Fsp3) is 0.333. The number of esters is 1. The summed E-state index contributed by atoms with van der Waals surface area (Å²) >= 11 is 1.50. The van der Waals surface area contributed by atoms with Crippen molar-refractivity contribution in [2.45, 2.75) is 46.5 Å². The molecule has 0 saturated carbocycles. The number of hydrogen-bond donors (Lipinski definition) is 0. The average molecular weight is 477 g/mol. The fourth-order valence-electron chi connectivity index (χ4n) is 3.05. The molecule has 0 bridgehead atoms. The van der Waals surface area contributed by atoms with Crippen molar-refractivity contribution in [3.63, 3.8) is 0 Å². The highest BCUT2D eigenvalue weighted by atomic mass is 32.1. The predicted molar refractivity (Wildman–Crippen MR) is 124 cm³/mol. The number of thiazole rings is 1. The van der Waals surface area contributed by atoms with Gasteiger partial charge in [-0.25, -0.2) is 4.79 Å². The zero-order chi connectivity index (χ0) is 24.0. The van der Waals surface area contributed by atoms with Crippen LogP contribution in [0.1, 0.15) is 42.9 Å². The summed E-state index contributed by atoms with van der Waals surface area (Å²) in [5, 5.41) is 0. The second kappa shape index (κ2) is 10.6. The molecule has 0 atom stereocenters. The molecule has 33 heavy (non-hydrogen) atoms. The third-order valence-electron chi connectivity index (χ3n) is 4.37. The van der Waals surface area contributed by atoms with Gasteiger partial charge >= 0.3 is 12.6 Å². The summed E-state index contributed by atoms with van der Waals surface area (Å²) in [4.78, 5) is 19.5. The van der Waals surface area contributed by atoms with E-state index in [0.29, 0.717) is 24.4 Å². The lowest BCUT2D eigenvalue weighted by Crippen LogP contribution is -2.24. The lowest BCUT2D eigenvalue weighted by molar-refractivity contribution is -0.0514. The molecule has 0 aliphatic heterocycles. The van der Waals surface area contributed by atoms with Gasteiger partial charge in [0.15, 0.2) is 11.5 Å². The van der Waals surface area contributed by atoms with Gasteiger partial charge < -0.3 is 19.1 Å². The van der Waals surface area contributed by atoms with E-state index in [4.69, 9.17) is 9.47 Å². The summed E-state index contributed by atoms with van der Waals surface area (Å²) in [7, 11) is 0. The lowest BCUT2D eigenvalue weighted by Gasteiger charge is -2.26. The molecular formula is C24H26F2N2O4S. The zero-order valence-corrected chi connectivity index (χ0v) is 19.7. The fourth-order valence-corrected chi connectivity index (χ4v) is 3.63. The normalized spacial score (nSPS) is 11.4. The Balaban J connectivity index is 1.95. The van der Waals surface area contributed by atoms with E-state index in [1.807, 2.05) is 37.8 Å². The van der Waals surface area contributed by atoms with Crippen molar-refractivity contribution in [3.05, 3.63) is 64.6 Å². The maximum Gasteiger partial charge on any atom is 0.387 e. The number of benzene rings is 2. The van der Waals surface area contributed by atoms with Crippen LogP contribution < -0.4 is 14.4 Å². The average Bonchev–Trinajstić information content (AvgIpc) is 3.25. The number of halogens is 2. The number of carbonyl (C=O) groups excluding carboxylic acids is 1. The molecule has 6 nitrogen and oxygen atoms in total. The molecule has 3 rings (SSSR count). The highest BCUT2D eigenvalue weighted by Gasteiger charge is 2.20. The first kappa shape index (κ1) is 24.4. The SMILES string of the molecule is CCOc1cc(N(Cc2cncs2)c2ccc(C(=O)OC(C)(C)C)cc2)ccc1OC(F)F. The Kier molecular flexibility index (Phi) is 7.86. The molecule has 9 heteroatoms. The first-order chi connectivity index (χ1) is 15.7. The Morgan fingerprint density at radius 3 is 2.36 bits per heavy atom. The number of anilines is 2. The molecule has 0 amide bonds. The van der Waals surface area contributed by atoms with Gasteiger partial charge in [0.05, 0.1) is 24.2 Å². The van der Waals surface area contributed by atoms with Crippen molar-refractivity contribution in [1.29, 1.82) is 0 Å². The van der Waals surface area contributed by atoms with E-state index in [1.54, 1.807) is 42.9 Å². The second-order valence-electron chi connectivity index (χ2n) is 8.05. The van der Waals surface area contributed by atoms with Crippen LogP contribution in [0, 0.1) is 0 Å². The first-order valence-electron chi connectivity index (χ1n) is 10.4. The van der Waals surface area contributed by atoms with Gasteiger partial charge in [-0.05, 0) is 64.1 Å². The summed E-state index contributed by atoms with van der Waals surface area (Å²) in [5.41, 5.74) is 3.08. The number of alkyl halides is 2. The molecule has 0 spiro atoms. The van der Waals surface area contributed by atoms with Gasteiger partial charge in [-0.15, -0.1) is 11.3 Å². The third kappa shape index (κ3) is 6.89. The first-order valence-corrected chi connectivity index (χ1v) is 11.2. The molecule has 0 unspecified atom stereocenters. The molecule has 1 heterocycles. The molecule has 0 aliphatic carbocycles. The highest BCUT2D eigenvalue weighted by Crippen LogP contribution is 2.37. The van der Waals surface area contributed by atoms with Crippen molar-refractivity contribution < 1.29 is 27.8 Å². The van der Waals surface area contributed by atoms with Crippen LogP contribution in [0.5, 0.6) is 11.5 Å². The van der Waals surface area contributed by atoms with Crippen molar-refractivity contribution in [3.8, 4) is 11.5 Å². The summed E-state index contributed by atoms with van der Waals surface area (Å²) in [5.74, 6) is -0.223. The van der Waals surface area contributed by atoms with E-state index in [-0.39, 0.29) is 11.5 Å². The van der Waals surface area contributed by atoms with Crippen LogP contribution in [-0.2, 0) is 11.3 Å². The van der Waals surface area contributed by atoms with Gasteiger partial charge in [-0.2, -0.15) is 8.78 Å². The minimum atomic E-state index is -2.95. The minimum absolute atomic E-state index is 0.0337. The summed E-state index contributed by atoms with van der Waals surface area (Å²) in [6, 6.07) is 11.8. The van der Waals surface area contributed by atoms with Crippen molar-refractivity contribution in [1.82, 2.24) is 4.98 Å². The van der Waals surface area contributed by atoms with Gasteiger partial charge in [0.25, 0.3) is 0 Å². The summed E-state index contributed by atoms with van der Waals surface area (Å²) in [6.07, 6.45) is 1.77. The van der Waals surface area contributed by atoms with Gasteiger partial charge in [-0.3, -0.25) is 4.98 Å². The van der Waals surface area contributed by atoms with Crippen LogP contribution in [0.15, 0.2) is 54.2 Å². The van der Waals surface area contributed by atoms with Crippen LogP contribution in [0.3, 0.4) is 0 Å². The molecule has 2 aromatic carbocycles. The number of nitrogens with zero attached hydrogens (tertiary/aromatic N) is 2. The highest BCUT2D eigenvalue weighted by molar-refractivity contribution is 7.09. The molecular weight excluding hydrogens is 450 g/mol. The van der Waals surface area contributed by atoms with E-state index < -0.39 is 18.2 Å². The summed E-state index contributed by atoms with van der Waals surface area (Å²) in [6.45, 7) is 5.03. The summed E-state index contributed by atoms with van der Waals surface area (Å²) < 4.78 is 41.1. The molecule has 0 saturated heterocycles. The number of ether oxygens (including phenoxy) is 3. The molecule has 0 radical (unpaired) electrons. The Bertz CT molecular complexity index is 1050. The van der Waals surface area contributed by atoms with Crippen LogP contribution in [0.25, 0.3) is 0 Å². The predicted octanol–water partition coefficient (Wildman–Crippen LogP) is 6.44. The molecule has 176 valence electrons. The quantitative estimate of drug-likeness (QED) is 0.331. The third-order valence-corrected chi connectivity index (χ3v) is 5.13. The van der Waals surface area contributed by atoms with Crippen LogP contribution in [-0.4, -0.2) is 29.8 Å². The van der Waals surface area contributed by atoms with Gasteiger partial charge in [-0.1, -0.05) is 0 Å². The minimum Gasteiger partial charge on any atom is -0.490 e. The van der Waals surface area contributed by atoms with Crippen LogP contribution in [0.4, 0.5) is 20.2 Å². The Morgan fingerprint density at radius 1 is 1.09 bits per heavy atom. The van der Waals surface area contributed by atoms with Gasteiger partial charge in [0, 0.05) is 28.5 Å². The standard InChI is InChI=1S/C24H26F2N2O4S/c1-5-30-21-12-18(10-11-20(21)31-23(25)26)28(14-19-13-27-15-33-19)17-8-6-16(7-9-17)22(29)32-24(2,3)4/h6-13,15,23H,5,14H2,1-4H3. The van der Waals surface area contributed by atoms with Crippen molar-refractivity contribution >= 4 is 28.7 Å². The number of aromatic nitrogens is 1. The van der Waals surface area contributed by atoms with E-state index in [0.717, 1.165) is 10.6 Å². The largest absolute Gasteiger partial charge is 0.490 e. The molecule has 1 aromatic heterocycles. The molecule has 3 aromatic rings. The number of hydrogen-bond acceptors (Lipinski definition) is 7. The smallest absolute Gasteiger partial charge is 0.387 e. The number of carbonyl (C=O) groups is 1. The van der Waals surface area contributed by atoms with Crippen LogP contribution in [0.2, 0.25) is 0 Å². The lowest BCUT2D eigenvalue weighted by atomic mass is 10.1. The Labute approximate surface area is 195 Å². The topological polar surface area (TPSA) is 60.9 Å².